The highest BCUT2D eigenvalue weighted by atomic mass is 32.2. The summed E-state index contributed by atoms with van der Waals surface area (Å²) in [5.41, 5.74) is 0. The molecule has 0 bridgehead atoms. The van der Waals surface area contributed by atoms with E-state index in [0.717, 1.165) is 0 Å². The fourth-order valence-electron chi connectivity index (χ4n) is 1.73. The topological polar surface area (TPSA) is 101 Å². The minimum Gasteiger partial charge on any atom is -0.481 e. The molecule has 0 radical (unpaired) electrons. The van der Waals surface area contributed by atoms with E-state index >= 15 is 0 Å². The lowest BCUT2D eigenvalue weighted by Gasteiger charge is -2.22. The second-order valence-electron chi connectivity index (χ2n) is 4.24. The zero-order valence-corrected chi connectivity index (χ0v) is 10.3. The molecule has 0 spiro atoms. The molecule has 0 aromatic carbocycles. The summed E-state index contributed by atoms with van der Waals surface area (Å²) in [6.07, 6.45) is 1.37. The lowest BCUT2D eigenvalue weighted by molar-refractivity contribution is -0.137. The highest BCUT2D eigenvalue weighted by Crippen LogP contribution is 2.12. The van der Waals surface area contributed by atoms with Gasteiger partial charge in [-0.15, -0.1) is 0 Å². The fourth-order valence-corrected chi connectivity index (χ4v) is 3.23. The van der Waals surface area contributed by atoms with Gasteiger partial charge in [0, 0.05) is 18.9 Å². The molecule has 7 heteroatoms. The van der Waals surface area contributed by atoms with E-state index in [-0.39, 0.29) is 36.3 Å². The first-order chi connectivity index (χ1) is 7.89. The highest BCUT2D eigenvalue weighted by Gasteiger charge is 2.24. The van der Waals surface area contributed by atoms with Gasteiger partial charge in [0.05, 0.1) is 11.5 Å². The second-order valence-corrected chi connectivity index (χ2v) is 6.54. The molecule has 1 fully saturated rings. The summed E-state index contributed by atoms with van der Waals surface area (Å²) in [5.74, 6) is -0.878. The van der Waals surface area contributed by atoms with Gasteiger partial charge in [0.1, 0.15) is 9.84 Å². The summed E-state index contributed by atoms with van der Waals surface area (Å²) >= 11 is 0. The number of amides is 1. The van der Waals surface area contributed by atoms with Crippen molar-refractivity contribution in [2.24, 2.45) is 0 Å². The van der Waals surface area contributed by atoms with E-state index in [1.165, 1.54) is 0 Å². The Balaban J connectivity index is 2.21. The Labute approximate surface area is 100 Å². The van der Waals surface area contributed by atoms with Gasteiger partial charge in [-0.05, 0) is 19.3 Å². The van der Waals surface area contributed by atoms with E-state index in [1.807, 2.05) is 0 Å². The van der Waals surface area contributed by atoms with Crippen molar-refractivity contribution in [2.45, 2.75) is 38.1 Å². The van der Waals surface area contributed by atoms with Gasteiger partial charge in [-0.25, -0.2) is 8.42 Å². The maximum atomic E-state index is 11.4. The first-order valence-electron chi connectivity index (χ1n) is 5.60. The molecule has 17 heavy (non-hydrogen) atoms. The number of rotatable bonds is 5. The molecule has 0 aromatic heterocycles. The van der Waals surface area contributed by atoms with Gasteiger partial charge in [0.15, 0.2) is 0 Å². The molecule has 2 N–H and O–H groups in total. The van der Waals surface area contributed by atoms with Crippen LogP contribution in [0, 0.1) is 0 Å². The van der Waals surface area contributed by atoms with Crippen LogP contribution >= 0.6 is 0 Å². The monoisotopic (exact) mass is 263 g/mol. The maximum absolute atomic E-state index is 11.4. The summed E-state index contributed by atoms with van der Waals surface area (Å²) < 4.78 is 22.3. The number of carboxylic acid groups (broad SMARTS) is 1. The van der Waals surface area contributed by atoms with E-state index < -0.39 is 15.8 Å². The number of sulfone groups is 1. The number of carboxylic acids is 1. The number of hydrogen-bond donors (Lipinski definition) is 2. The third-order valence-corrected chi connectivity index (χ3v) is 4.43. The molecule has 6 nitrogen and oxygen atoms in total. The summed E-state index contributed by atoms with van der Waals surface area (Å²) in [4.78, 5) is 21.6. The first-order valence-corrected chi connectivity index (χ1v) is 7.43. The summed E-state index contributed by atoms with van der Waals surface area (Å²) in [6, 6.07) is -0.0872. The molecule has 1 saturated heterocycles. The van der Waals surface area contributed by atoms with Crippen LogP contribution < -0.4 is 5.32 Å². The van der Waals surface area contributed by atoms with Crippen molar-refractivity contribution in [3.05, 3.63) is 0 Å². The molecular weight excluding hydrogens is 246 g/mol. The summed E-state index contributed by atoms with van der Waals surface area (Å²) in [5, 5.41) is 11.1. The second kappa shape index (κ2) is 6.00. The van der Waals surface area contributed by atoms with E-state index in [9.17, 15) is 18.0 Å². The predicted molar refractivity (Wildman–Crippen MR) is 61.3 cm³/mol. The Morgan fingerprint density at radius 2 is 1.76 bits per heavy atom. The largest absolute Gasteiger partial charge is 0.481 e. The van der Waals surface area contributed by atoms with Crippen LogP contribution in [0.5, 0.6) is 0 Å². The molecule has 0 saturated carbocycles. The molecule has 0 aromatic rings. The minimum atomic E-state index is -2.91. The number of aliphatic carboxylic acids is 1. The molecule has 1 aliphatic rings. The quantitative estimate of drug-likeness (QED) is 0.723. The molecule has 1 amide bonds. The normalized spacial score (nSPS) is 19.8. The average molecular weight is 263 g/mol. The third-order valence-electron chi connectivity index (χ3n) is 2.71. The molecular formula is C10H17NO5S. The van der Waals surface area contributed by atoms with Gasteiger partial charge in [-0.1, -0.05) is 0 Å². The fraction of sp³-hybridized carbons (Fsp3) is 0.800. The molecule has 0 unspecified atom stereocenters. The Morgan fingerprint density at radius 1 is 1.18 bits per heavy atom. The zero-order valence-electron chi connectivity index (χ0n) is 9.52. The average Bonchev–Trinajstić information content (AvgIpc) is 2.21. The van der Waals surface area contributed by atoms with Gasteiger partial charge < -0.3 is 10.4 Å². The van der Waals surface area contributed by atoms with Crippen molar-refractivity contribution in [2.75, 3.05) is 11.5 Å². The summed E-state index contributed by atoms with van der Waals surface area (Å²) in [7, 11) is -2.91. The van der Waals surface area contributed by atoms with Crippen LogP contribution in [0.1, 0.15) is 32.1 Å². The van der Waals surface area contributed by atoms with Crippen molar-refractivity contribution in [3.8, 4) is 0 Å². The van der Waals surface area contributed by atoms with Gasteiger partial charge in [-0.3, -0.25) is 9.59 Å². The van der Waals surface area contributed by atoms with Crippen LogP contribution in [0.4, 0.5) is 0 Å². The predicted octanol–water partition coefficient (Wildman–Crippen LogP) is -0.0653. The Kier molecular flexibility index (Phi) is 4.92. The third kappa shape index (κ3) is 5.67. The molecule has 0 aliphatic carbocycles. The Hall–Kier alpha value is -1.11. The zero-order chi connectivity index (χ0) is 12.9. The van der Waals surface area contributed by atoms with E-state index in [4.69, 9.17) is 5.11 Å². The standard InChI is InChI=1S/C10H17NO5S/c12-9(2-1-3-10(13)14)11-8-4-6-17(15,16)7-5-8/h8H,1-7H2,(H,11,12)(H,13,14). The van der Waals surface area contributed by atoms with Crippen LogP contribution in [0.25, 0.3) is 0 Å². The van der Waals surface area contributed by atoms with Gasteiger partial charge in [0.2, 0.25) is 5.91 Å². The first kappa shape index (κ1) is 14.0. The van der Waals surface area contributed by atoms with Crippen molar-refractivity contribution >= 4 is 21.7 Å². The van der Waals surface area contributed by atoms with Crippen LogP contribution in [-0.2, 0) is 19.4 Å². The highest BCUT2D eigenvalue weighted by molar-refractivity contribution is 7.91. The molecule has 98 valence electrons. The molecule has 1 aliphatic heterocycles. The number of carbonyl (C=O) groups is 2. The van der Waals surface area contributed by atoms with Gasteiger partial charge in [-0.2, -0.15) is 0 Å². The molecule has 1 heterocycles. The number of nitrogens with one attached hydrogen (secondary N) is 1. The van der Waals surface area contributed by atoms with Crippen LogP contribution in [-0.4, -0.2) is 42.9 Å². The maximum Gasteiger partial charge on any atom is 0.303 e. The van der Waals surface area contributed by atoms with Gasteiger partial charge >= 0.3 is 5.97 Å². The van der Waals surface area contributed by atoms with Crippen LogP contribution in [0.2, 0.25) is 0 Å². The summed E-state index contributed by atoms with van der Waals surface area (Å²) in [6.45, 7) is 0. The van der Waals surface area contributed by atoms with Crippen LogP contribution in [0.15, 0.2) is 0 Å². The van der Waals surface area contributed by atoms with Crippen molar-refractivity contribution < 1.29 is 23.1 Å². The van der Waals surface area contributed by atoms with E-state index in [0.29, 0.717) is 19.3 Å². The number of hydrogen-bond acceptors (Lipinski definition) is 4. The lowest BCUT2D eigenvalue weighted by Crippen LogP contribution is -2.40. The van der Waals surface area contributed by atoms with Gasteiger partial charge in [0.25, 0.3) is 0 Å². The Morgan fingerprint density at radius 3 is 2.29 bits per heavy atom. The number of carbonyl (C=O) groups excluding carboxylic acids is 1. The SMILES string of the molecule is O=C(O)CCCC(=O)NC1CCS(=O)(=O)CC1. The van der Waals surface area contributed by atoms with Crippen molar-refractivity contribution in [1.82, 2.24) is 5.32 Å². The lowest BCUT2D eigenvalue weighted by atomic mass is 10.1. The van der Waals surface area contributed by atoms with Crippen molar-refractivity contribution in [1.29, 1.82) is 0 Å². The Bertz CT molecular complexity index is 376. The van der Waals surface area contributed by atoms with Crippen LogP contribution in [0.3, 0.4) is 0 Å². The minimum absolute atomic E-state index is 0.0214. The van der Waals surface area contributed by atoms with E-state index in [2.05, 4.69) is 5.32 Å². The van der Waals surface area contributed by atoms with Crippen molar-refractivity contribution in [3.63, 3.8) is 0 Å². The van der Waals surface area contributed by atoms with E-state index in [1.54, 1.807) is 0 Å². The smallest absolute Gasteiger partial charge is 0.303 e. The molecule has 1 rings (SSSR count). The molecule has 0 atom stereocenters.